The average Bonchev–Trinajstić information content (AvgIpc) is 2.51. The van der Waals surface area contributed by atoms with Crippen LogP contribution in [0.15, 0.2) is 18.2 Å². The first-order valence-electron chi connectivity index (χ1n) is 7.77. The zero-order valence-electron chi connectivity index (χ0n) is 13.7. The minimum atomic E-state index is -1.27. The predicted molar refractivity (Wildman–Crippen MR) is 83.7 cm³/mol. The number of carbonyl (C=O) groups is 2. The van der Waals surface area contributed by atoms with E-state index in [1.807, 2.05) is 0 Å². The third-order valence-electron chi connectivity index (χ3n) is 4.35. The molecule has 0 unspecified atom stereocenters. The van der Waals surface area contributed by atoms with Crippen LogP contribution in [0.25, 0.3) is 0 Å². The Labute approximate surface area is 134 Å². The van der Waals surface area contributed by atoms with Crippen LogP contribution in [0.5, 0.6) is 0 Å². The minimum Gasteiger partial charge on any atom is -0.342 e. The monoisotopic (exact) mass is 324 g/mol. The molecule has 1 aliphatic heterocycles. The Morgan fingerprint density at radius 1 is 1.17 bits per heavy atom. The molecule has 4 nitrogen and oxygen atoms in total. The summed E-state index contributed by atoms with van der Waals surface area (Å²) >= 11 is 0. The summed E-state index contributed by atoms with van der Waals surface area (Å²) in [6, 6.07) is 3.10. The SMILES string of the molecule is CC1CCN(C(=O)C(C)(C)C(=O)Nc2ccc(F)c(F)c2)CC1. The van der Waals surface area contributed by atoms with Gasteiger partial charge in [0, 0.05) is 24.8 Å². The molecule has 1 aromatic carbocycles. The molecule has 0 bridgehead atoms. The van der Waals surface area contributed by atoms with E-state index in [-0.39, 0.29) is 11.6 Å². The van der Waals surface area contributed by atoms with Crippen molar-refractivity contribution in [2.24, 2.45) is 11.3 Å². The van der Waals surface area contributed by atoms with Crippen molar-refractivity contribution >= 4 is 17.5 Å². The van der Waals surface area contributed by atoms with E-state index >= 15 is 0 Å². The maximum Gasteiger partial charge on any atom is 0.239 e. The van der Waals surface area contributed by atoms with Crippen molar-refractivity contribution in [2.75, 3.05) is 18.4 Å². The van der Waals surface area contributed by atoms with Gasteiger partial charge in [0.15, 0.2) is 11.6 Å². The Kier molecular flexibility index (Phi) is 5.02. The number of carbonyl (C=O) groups excluding carboxylic acids is 2. The van der Waals surface area contributed by atoms with Crippen molar-refractivity contribution in [1.82, 2.24) is 4.90 Å². The number of rotatable bonds is 3. The fourth-order valence-corrected chi connectivity index (χ4v) is 2.57. The van der Waals surface area contributed by atoms with Crippen molar-refractivity contribution in [3.05, 3.63) is 29.8 Å². The van der Waals surface area contributed by atoms with E-state index in [1.54, 1.807) is 18.7 Å². The molecule has 1 saturated heterocycles. The molecule has 1 aliphatic rings. The number of nitrogens with one attached hydrogen (secondary N) is 1. The number of likely N-dealkylation sites (tertiary alicyclic amines) is 1. The average molecular weight is 324 g/mol. The highest BCUT2D eigenvalue weighted by molar-refractivity contribution is 6.09. The lowest BCUT2D eigenvalue weighted by molar-refractivity contribution is -0.147. The number of anilines is 1. The summed E-state index contributed by atoms with van der Waals surface area (Å²) < 4.78 is 26.1. The fraction of sp³-hybridized carbons (Fsp3) is 0.529. The summed E-state index contributed by atoms with van der Waals surface area (Å²) in [5.41, 5.74) is -1.15. The second-order valence-electron chi connectivity index (χ2n) is 6.68. The molecule has 1 heterocycles. The van der Waals surface area contributed by atoms with Crippen molar-refractivity contribution < 1.29 is 18.4 Å². The van der Waals surface area contributed by atoms with Crippen molar-refractivity contribution in [2.45, 2.75) is 33.6 Å². The molecule has 1 N–H and O–H groups in total. The molecule has 0 atom stereocenters. The molecule has 0 spiro atoms. The van der Waals surface area contributed by atoms with E-state index < -0.39 is 23.0 Å². The van der Waals surface area contributed by atoms with E-state index in [0.717, 1.165) is 25.0 Å². The van der Waals surface area contributed by atoms with Gasteiger partial charge in [-0.2, -0.15) is 0 Å². The maximum absolute atomic E-state index is 13.2. The number of amides is 2. The Hall–Kier alpha value is -1.98. The number of benzene rings is 1. The largest absolute Gasteiger partial charge is 0.342 e. The molecule has 126 valence electrons. The van der Waals surface area contributed by atoms with Crippen LogP contribution < -0.4 is 5.32 Å². The third kappa shape index (κ3) is 3.86. The molecule has 1 aromatic rings. The Bertz CT molecular complexity index is 609. The van der Waals surface area contributed by atoms with Gasteiger partial charge in [-0.1, -0.05) is 6.92 Å². The third-order valence-corrected chi connectivity index (χ3v) is 4.35. The molecule has 6 heteroatoms. The van der Waals surface area contributed by atoms with Crippen LogP contribution in [0.1, 0.15) is 33.6 Å². The number of hydrogen-bond donors (Lipinski definition) is 1. The topological polar surface area (TPSA) is 49.4 Å². The molecule has 2 rings (SSSR count). The molecule has 2 amide bonds. The molecule has 0 aliphatic carbocycles. The lowest BCUT2D eigenvalue weighted by Crippen LogP contribution is -2.49. The van der Waals surface area contributed by atoms with Gasteiger partial charge in [0.05, 0.1) is 0 Å². The molecule has 0 saturated carbocycles. The van der Waals surface area contributed by atoms with E-state index in [0.29, 0.717) is 19.0 Å². The van der Waals surface area contributed by atoms with Crippen LogP contribution in [0.2, 0.25) is 0 Å². The maximum atomic E-state index is 13.2. The first-order chi connectivity index (χ1) is 10.7. The van der Waals surface area contributed by atoms with Gasteiger partial charge in [-0.05, 0) is 44.7 Å². The molecule has 0 radical (unpaired) electrons. The lowest BCUT2D eigenvalue weighted by Gasteiger charge is -2.35. The summed E-state index contributed by atoms with van der Waals surface area (Å²) in [4.78, 5) is 26.7. The number of halogens is 2. The van der Waals surface area contributed by atoms with E-state index in [2.05, 4.69) is 12.2 Å². The summed E-state index contributed by atoms with van der Waals surface area (Å²) in [5, 5.41) is 2.49. The Morgan fingerprint density at radius 3 is 2.35 bits per heavy atom. The molecule has 1 fully saturated rings. The Morgan fingerprint density at radius 2 is 1.78 bits per heavy atom. The van der Waals surface area contributed by atoms with Gasteiger partial charge in [-0.25, -0.2) is 8.78 Å². The quantitative estimate of drug-likeness (QED) is 0.868. The summed E-state index contributed by atoms with van der Waals surface area (Å²) in [5.74, 6) is -2.23. The van der Waals surface area contributed by atoms with Crippen LogP contribution in [0.3, 0.4) is 0 Å². The number of hydrogen-bond acceptors (Lipinski definition) is 2. The van der Waals surface area contributed by atoms with Gasteiger partial charge in [0.1, 0.15) is 5.41 Å². The fourth-order valence-electron chi connectivity index (χ4n) is 2.57. The van der Waals surface area contributed by atoms with E-state index in [9.17, 15) is 18.4 Å². The smallest absolute Gasteiger partial charge is 0.239 e. The van der Waals surface area contributed by atoms with Gasteiger partial charge in [-0.15, -0.1) is 0 Å². The van der Waals surface area contributed by atoms with Crippen molar-refractivity contribution in [3.8, 4) is 0 Å². The zero-order chi connectivity index (χ0) is 17.2. The molecular formula is C17H22F2N2O2. The van der Waals surface area contributed by atoms with Crippen LogP contribution in [-0.4, -0.2) is 29.8 Å². The van der Waals surface area contributed by atoms with Crippen LogP contribution >= 0.6 is 0 Å². The van der Waals surface area contributed by atoms with Gasteiger partial charge in [0.25, 0.3) is 0 Å². The van der Waals surface area contributed by atoms with E-state index in [1.165, 1.54) is 6.07 Å². The minimum absolute atomic E-state index is 0.127. The summed E-state index contributed by atoms with van der Waals surface area (Å²) in [6.45, 7) is 6.51. The van der Waals surface area contributed by atoms with Gasteiger partial charge >= 0.3 is 0 Å². The van der Waals surface area contributed by atoms with E-state index in [4.69, 9.17) is 0 Å². The van der Waals surface area contributed by atoms with Crippen molar-refractivity contribution in [3.63, 3.8) is 0 Å². The summed E-state index contributed by atoms with van der Waals surface area (Å²) in [6.07, 6.45) is 1.85. The first-order valence-corrected chi connectivity index (χ1v) is 7.77. The Balaban J connectivity index is 2.06. The van der Waals surface area contributed by atoms with Crippen LogP contribution in [-0.2, 0) is 9.59 Å². The van der Waals surface area contributed by atoms with Crippen molar-refractivity contribution in [1.29, 1.82) is 0 Å². The lowest BCUT2D eigenvalue weighted by atomic mass is 9.88. The first kappa shape index (κ1) is 17.4. The van der Waals surface area contributed by atoms with Gasteiger partial charge < -0.3 is 10.2 Å². The highest BCUT2D eigenvalue weighted by Gasteiger charge is 2.40. The normalized spacial score (nSPS) is 16.3. The number of piperidine rings is 1. The highest BCUT2D eigenvalue weighted by Crippen LogP contribution is 2.26. The van der Waals surface area contributed by atoms with Crippen LogP contribution in [0.4, 0.5) is 14.5 Å². The zero-order valence-corrected chi connectivity index (χ0v) is 13.7. The van der Waals surface area contributed by atoms with Crippen LogP contribution in [0, 0.1) is 23.0 Å². The number of nitrogens with zero attached hydrogens (tertiary/aromatic N) is 1. The summed E-state index contributed by atoms with van der Waals surface area (Å²) in [7, 11) is 0. The van der Waals surface area contributed by atoms with Gasteiger partial charge in [0.2, 0.25) is 11.8 Å². The second-order valence-corrected chi connectivity index (χ2v) is 6.68. The van der Waals surface area contributed by atoms with Gasteiger partial charge in [-0.3, -0.25) is 9.59 Å². The standard InChI is InChI=1S/C17H22F2N2O2/c1-11-6-8-21(9-7-11)16(23)17(2,3)15(22)20-12-4-5-13(18)14(19)10-12/h4-5,10-11H,6-9H2,1-3H3,(H,20,22). The second kappa shape index (κ2) is 6.64. The molecular weight excluding hydrogens is 302 g/mol. The molecule has 23 heavy (non-hydrogen) atoms. The highest BCUT2D eigenvalue weighted by atomic mass is 19.2. The molecule has 0 aromatic heterocycles. The predicted octanol–water partition coefficient (Wildman–Crippen LogP) is 3.19.